The van der Waals surface area contributed by atoms with Crippen LogP contribution in [0.4, 0.5) is 0 Å². The van der Waals surface area contributed by atoms with Gasteiger partial charge in [0, 0.05) is 0 Å². The Labute approximate surface area is 173 Å². The zero-order chi connectivity index (χ0) is 17.7. The van der Waals surface area contributed by atoms with Crippen LogP contribution in [0.25, 0.3) is 40.2 Å². The van der Waals surface area contributed by atoms with E-state index in [1.54, 1.807) is 17.7 Å². The van der Waals surface area contributed by atoms with Crippen molar-refractivity contribution in [2.24, 2.45) is 0 Å². The first-order valence-corrected chi connectivity index (χ1v) is 14.1. The third-order valence-corrected chi connectivity index (χ3v) is 11.9. The molecule has 0 spiro atoms. The molecule has 0 aliphatic heterocycles. The van der Waals surface area contributed by atoms with E-state index in [0.717, 1.165) is 0 Å². The topological polar surface area (TPSA) is 0 Å². The number of rotatable bonds is 4. The summed E-state index contributed by atoms with van der Waals surface area (Å²) in [4.78, 5) is 0. The third kappa shape index (κ3) is 2.67. The van der Waals surface area contributed by atoms with E-state index in [-0.39, 0.29) is 0 Å². The maximum absolute atomic E-state index is 2.39. The number of fused-ring (bicyclic) bond motifs is 2. The van der Waals surface area contributed by atoms with Crippen LogP contribution < -0.4 is 0 Å². The Kier molecular flexibility index (Phi) is 4.61. The Morgan fingerprint density at radius 1 is 0.654 bits per heavy atom. The van der Waals surface area contributed by atoms with Crippen LogP contribution in [0.3, 0.4) is 0 Å². The Hall–Kier alpha value is -0.861. The van der Waals surface area contributed by atoms with Crippen molar-refractivity contribution in [3.63, 3.8) is 0 Å². The Morgan fingerprint density at radius 2 is 1.12 bits per heavy atom. The molecule has 4 heterocycles. The normalized spacial score (nSPS) is 11.8. The molecule has 0 aliphatic carbocycles. The molecule has 26 heavy (non-hydrogen) atoms. The fourth-order valence-corrected chi connectivity index (χ4v) is 10.0. The fourth-order valence-electron chi connectivity index (χ4n) is 3.54. The van der Waals surface area contributed by atoms with Gasteiger partial charge in [0.2, 0.25) is 0 Å². The fraction of sp³-hybridized carbons (Fsp3) is 0.182. The number of hydrogen-bond acceptors (Lipinski definition) is 2. The summed E-state index contributed by atoms with van der Waals surface area (Å²) < 4.78 is 9.34. The predicted octanol–water partition coefficient (Wildman–Crippen LogP) is 6.69. The van der Waals surface area contributed by atoms with Gasteiger partial charge in [0.25, 0.3) is 0 Å². The molecule has 0 atom stereocenters. The van der Waals surface area contributed by atoms with Crippen molar-refractivity contribution in [1.82, 2.24) is 0 Å². The predicted molar refractivity (Wildman–Crippen MR) is 121 cm³/mol. The molecule has 0 unspecified atom stereocenters. The minimum absolute atomic E-state index is 0.482. The summed E-state index contributed by atoms with van der Waals surface area (Å²) in [7, 11) is 0. The van der Waals surface area contributed by atoms with Crippen molar-refractivity contribution in [3.05, 3.63) is 56.0 Å². The van der Waals surface area contributed by atoms with Crippen molar-refractivity contribution < 1.29 is 0 Å². The molecule has 0 nitrogen and oxygen atoms in total. The van der Waals surface area contributed by atoms with Gasteiger partial charge in [0.15, 0.2) is 0 Å². The van der Waals surface area contributed by atoms with Gasteiger partial charge in [-0.3, -0.25) is 0 Å². The van der Waals surface area contributed by atoms with Crippen molar-refractivity contribution in [2.75, 3.05) is 0 Å². The molecule has 130 valence electrons. The number of hydrogen-bond donors (Lipinski definition) is 0. The minimum atomic E-state index is 0.482. The molecule has 4 aromatic heterocycles. The quantitative estimate of drug-likeness (QED) is 0.239. The van der Waals surface area contributed by atoms with Gasteiger partial charge in [-0.25, -0.2) is 0 Å². The molecule has 0 saturated heterocycles. The summed E-state index contributed by atoms with van der Waals surface area (Å²) >= 11 is 4.80. The summed E-state index contributed by atoms with van der Waals surface area (Å²) in [6, 6.07) is 14.2. The van der Waals surface area contributed by atoms with E-state index in [4.69, 9.17) is 0 Å². The molecule has 5 aromatic rings. The average molecular weight is 504 g/mol. The van der Waals surface area contributed by atoms with Crippen LogP contribution in [0.5, 0.6) is 0 Å². The van der Waals surface area contributed by atoms with E-state index < -0.39 is 0 Å². The molecular weight excluding hydrogens is 486 g/mol. The first kappa shape index (κ1) is 17.3. The first-order chi connectivity index (χ1) is 12.8. The van der Waals surface area contributed by atoms with Crippen LogP contribution in [-0.2, 0) is 12.8 Å². The maximum atomic E-state index is 2.39. The zero-order valence-electron chi connectivity index (χ0n) is 14.7. The summed E-state index contributed by atoms with van der Waals surface area (Å²) in [6.45, 7) is 4.56. The van der Waals surface area contributed by atoms with Crippen LogP contribution in [-0.4, -0.2) is 29.0 Å². The molecule has 1 aromatic carbocycles. The zero-order valence-corrected chi connectivity index (χ0v) is 19.7. The molecular formula is C22H18S2Se2. The van der Waals surface area contributed by atoms with Crippen molar-refractivity contribution in [3.8, 4) is 20.0 Å². The Balaban J connectivity index is 1.87. The van der Waals surface area contributed by atoms with Gasteiger partial charge in [-0.2, -0.15) is 0 Å². The average Bonchev–Trinajstić information content (AvgIpc) is 3.45. The Bertz CT molecular complexity index is 1070. The van der Waals surface area contributed by atoms with Gasteiger partial charge in [-0.15, -0.1) is 0 Å². The van der Waals surface area contributed by atoms with Gasteiger partial charge in [-0.05, 0) is 0 Å². The number of thiophene rings is 2. The van der Waals surface area contributed by atoms with E-state index in [0.29, 0.717) is 29.0 Å². The van der Waals surface area contributed by atoms with Gasteiger partial charge in [-0.1, -0.05) is 0 Å². The summed E-state index contributed by atoms with van der Waals surface area (Å²) in [5.74, 6) is 0. The van der Waals surface area contributed by atoms with Crippen LogP contribution in [0, 0.1) is 0 Å². The molecule has 4 heteroatoms. The van der Waals surface area contributed by atoms with Gasteiger partial charge >= 0.3 is 175 Å². The number of aryl methyl sites for hydroxylation is 2. The van der Waals surface area contributed by atoms with Crippen molar-refractivity contribution in [2.45, 2.75) is 26.7 Å². The molecule has 0 fully saturated rings. The molecule has 0 bridgehead atoms. The van der Waals surface area contributed by atoms with Crippen LogP contribution in [0.15, 0.2) is 47.2 Å². The molecule has 5 rings (SSSR count). The molecule has 0 amide bonds. The van der Waals surface area contributed by atoms with E-state index in [1.807, 2.05) is 22.7 Å². The van der Waals surface area contributed by atoms with Crippen LogP contribution >= 0.6 is 22.7 Å². The monoisotopic (exact) mass is 506 g/mol. The van der Waals surface area contributed by atoms with Gasteiger partial charge in [0.05, 0.1) is 0 Å². The van der Waals surface area contributed by atoms with E-state index in [1.165, 1.54) is 44.1 Å². The second kappa shape index (κ2) is 6.94. The van der Waals surface area contributed by atoms with Crippen molar-refractivity contribution >= 4 is 71.9 Å². The summed E-state index contributed by atoms with van der Waals surface area (Å²) in [5, 5.41) is 7.52. The first-order valence-electron chi connectivity index (χ1n) is 8.88. The van der Waals surface area contributed by atoms with E-state index >= 15 is 0 Å². The van der Waals surface area contributed by atoms with Gasteiger partial charge in [0.1, 0.15) is 0 Å². The van der Waals surface area contributed by atoms with Crippen LogP contribution in [0.2, 0.25) is 0 Å². The van der Waals surface area contributed by atoms with E-state index in [2.05, 4.69) is 61.0 Å². The summed E-state index contributed by atoms with van der Waals surface area (Å²) in [5.41, 5.74) is 3.04. The standard InChI is InChI=1S/C22H18S2Se2/c1-3-13-5-7-17(25-13)19-15-9-11-24-22(15)20(16-10-12-23-21(16)19)18-8-6-14(4-2)26-18/h5-12H,3-4H2,1-2H3. The third-order valence-electron chi connectivity index (χ3n) is 4.84. The second-order valence-electron chi connectivity index (χ2n) is 6.32. The van der Waals surface area contributed by atoms with E-state index in [9.17, 15) is 0 Å². The SMILES string of the molecule is CCc1ccc(-c2c3ccsc3c(-c3ccc(CC)[se]3)c3ccsc23)[se]1. The molecule has 0 saturated carbocycles. The Morgan fingerprint density at radius 3 is 1.50 bits per heavy atom. The van der Waals surface area contributed by atoms with Gasteiger partial charge < -0.3 is 0 Å². The molecule has 0 aliphatic rings. The van der Waals surface area contributed by atoms with Crippen LogP contribution in [0.1, 0.15) is 22.7 Å². The number of benzene rings is 1. The second-order valence-corrected chi connectivity index (χ2v) is 13.1. The van der Waals surface area contributed by atoms with Crippen molar-refractivity contribution in [1.29, 1.82) is 0 Å². The molecule has 0 N–H and O–H groups in total. The summed E-state index contributed by atoms with van der Waals surface area (Å²) in [6.07, 6.45) is 2.36. The molecule has 0 radical (unpaired) electrons.